The summed E-state index contributed by atoms with van der Waals surface area (Å²) in [6.07, 6.45) is 5.30. The molecule has 1 fully saturated rings. The second-order valence-corrected chi connectivity index (χ2v) is 4.92. The van der Waals surface area contributed by atoms with Crippen LogP contribution in [0.4, 0.5) is 0 Å². The molecule has 0 heterocycles. The van der Waals surface area contributed by atoms with Gasteiger partial charge in [-0.1, -0.05) is 33.6 Å². The predicted octanol–water partition coefficient (Wildman–Crippen LogP) is 2.83. The lowest BCUT2D eigenvalue weighted by atomic mass is 9.66. The van der Waals surface area contributed by atoms with Gasteiger partial charge in [-0.05, 0) is 30.1 Å². The van der Waals surface area contributed by atoms with Gasteiger partial charge in [-0.2, -0.15) is 0 Å². The van der Waals surface area contributed by atoms with Crippen LogP contribution in [0, 0.1) is 17.3 Å². The summed E-state index contributed by atoms with van der Waals surface area (Å²) in [6.45, 7) is 7.20. The van der Waals surface area contributed by atoms with E-state index in [1.54, 1.807) is 0 Å². The fourth-order valence-corrected chi connectivity index (χ4v) is 2.13. The third-order valence-electron chi connectivity index (χ3n) is 3.88. The van der Waals surface area contributed by atoms with Gasteiger partial charge in [-0.3, -0.25) is 0 Å². The van der Waals surface area contributed by atoms with Crippen LogP contribution in [-0.2, 0) is 0 Å². The number of hydrogen-bond donors (Lipinski definition) is 1. The minimum absolute atomic E-state index is 0.352. The number of rotatable bonds is 2. The van der Waals surface area contributed by atoms with Gasteiger partial charge in [-0.25, -0.2) is 0 Å². The third-order valence-corrected chi connectivity index (χ3v) is 3.88. The largest absolute Gasteiger partial charge is 0.396 e. The van der Waals surface area contributed by atoms with Crippen molar-refractivity contribution >= 4 is 0 Å². The van der Waals surface area contributed by atoms with Crippen molar-refractivity contribution in [1.29, 1.82) is 0 Å². The van der Waals surface area contributed by atoms with Crippen molar-refractivity contribution in [1.82, 2.24) is 0 Å². The van der Waals surface area contributed by atoms with Crippen LogP contribution in [0.25, 0.3) is 0 Å². The second kappa shape index (κ2) is 3.78. The molecule has 0 aromatic heterocycles. The minimum Gasteiger partial charge on any atom is -0.396 e. The zero-order valence-electron chi connectivity index (χ0n) is 8.64. The maximum atomic E-state index is 9.12. The fourth-order valence-electron chi connectivity index (χ4n) is 2.13. The molecule has 0 aromatic rings. The Morgan fingerprint density at radius 2 is 1.92 bits per heavy atom. The van der Waals surface area contributed by atoms with Gasteiger partial charge < -0.3 is 5.11 Å². The molecular weight excluding hydrogens is 148 g/mol. The Morgan fingerprint density at radius 1 is 1.42 bits per heavy atom. The van der Waals surface area contributed by atoms with Crippen LogP contribution in [0.2, 0.25) is 0 Å². The van der Waals surface area contributed by atoms with Gasteiger partial charge in [0.1, 0.15) is 0 Å². The molecule has 0 saturated heterocycles. The van der Waals surface area contributed by atoms with E-state index >= 15 is 0 Å². The van der Waals surface area contributed by atoms with Gasteiger partial charge in [0.25, 0.3) is 0 Å². The van der Waals surface area contributed by atoms with Crippen molar-refractivity contribution in [2.24, 2.45) is 17.3 Å². The van der Waals surface area contributed by atoms with E-state index in [0.717, 1.165) is 5.92 Å². The fraction of sp³-hybridized carbons (Fsp3) is 1.00. The lowest BCUT2D eigenvalue weighted by molar-refractivity contribution is 0.0635. The first-order valence-corrected chi connectivity index (χ1v) is 5.19. The van der Waals surface area contributed by atoms with E-state index in [1.165, 1.54) is 25.7 Å². The first kappa shape index (κ1) is 10.0. The Morgan fingerprint density at radius 3 is 2.33 bits per heavy atom. The maximum Gasteiger partial charge on any atom is 0.0461 e. The van der Waals surface area contributed by atoms with Crippen LogP contribution in [0.3, 0.4) is 0 Å². The quantitative estimate of drug-likeness (QED) is 0.675. The van der Waals surface area contributed by atoms with Gasteiger partial charge in [0, 0.05) is 6.61 Å². The Bertz CT molecular complexity index is 134. The Hall–Kier alpha value is -0.0400. The van der Waals surface area contributed by atoms with Crippen molar-refractivity contribution in [2.45, 2.75) is 46.5 Å². The molecule has 0 bridgehead atoms. The first-order chi connectivity index (χ1) is 5.58. The van der Waals surface area contributed by atoms with Crippen molar-refractivity contribution in [3.63, 3.8) is 0 Å². The maximum absolute atomic E-state index is 9.12. The average molecular weight is 170 g/mol. The van der Waals surface area contributed by atoms with E-state index in [4.69, 9.17) is 5.11 Å². The second-order valence-electron chi connectivity index (χ2n) is 4.92. The highest BCUT2D eigenvalue weighted by Gasteiger charge is 2.33. The molecule has 0 aromatic carbocycles. The highest BCUT2D eigenvalue weighted by Crippen LogP contribution is 2.43. The van der Waals surface area contributed by atoms with Crippen molar-refractivity contribution in [3.05, 3.63) is 0 Å². The summed E-state index contributed by atoms with van der Waals surface area (Å²) in [5.41, 5.74) is 0.418. The molecular formula is C11H22O. The summed E-state index contributed by atoms with van der Waals surface area (Å²) in [5.74, 6) is 1.38. The Balaban J connectivity index is 2.49. The van der Waals surface area contributed by atoms with E-state index < -0.39 is 0 Å². The normalized spacial score (nSPS) is 39.5. The Kier molecular flexibility index (Phi) is 3.16. The summed E-state index contributed by atoms with van der Waals surface area (Å²) < 4.78 is 0. The van der Waals surface area contributed by atoms with Crippen LogP contribution in [0.1, 0.15) is 46.5 Å². The average Bonchev–Trinajstić information content (AvgIpc) is 2.09. The standard InChI is InChI=1S/C11H22O/c1-9-4-6-11(3,7-5-9)10(2)8-12/h9-10,12H,4-8H2,1-3H3/t9?,10-,11?/m1/s1. The molecule has 1 rings (SSSR count). The molecule has 0 radical (unpaired) electrons. The molecule has 0 amide bonds. The van der Waals surface area contributed by atoms with E-state index in [9.17, 15) is 0 Å². The molecule has 1 nitrogen and oxygen atoms in total. The van der Waals surface area contributed by atoms with Gasteiger partial charge in [0.2, 0.25) is 0 Å². The smallest absolute Gasteiger partial charge is 0.0461 e. The molecule has 12 heavy (non-hydrogen) atoms. The van der Waals surface area contributed by atoms with Gasteiger partial charge in [-0.15, -0.1) is 0 Å². The number of aliphatic hydroxyl groups is 1. The molecule has 1 atom stereocenters. The molecule has 0 spiro atoms. The lowest BCUT2D eigenvalue weighted by Crippen LogP contribution is -2.32. The predicted molar refractivity (Wildman–Crippen MR) is 52.0 cm³/mol. The third kappa shape index (κ3) is 2.01. The summed E-state index contributed by atoms with van der Waals surface area (Å²) in [4.78, 5) is 0. The van der Waals surface area contributed by atoms with Crippen LogP contribution in [-0.4, -0.2) is 11.7 Å². The van der Waals surface area contributed by atoms with E-state index in [0.29, 0.717) is 17.9 Å². The van der Waals surface area contributed by atoms with E-state index in [1.807, 2.05) is 0 Å². The zero-order chi connectivity index (χ0) is 9.19. The molecule has 0 unspecified atom stereocenters. The van der Waals surface area contributed by atoms with Gasteiger partial charge in [0.05, 0.1) is 0 Å². The summed E-state index contributed by atoms with van der Waals surface area (Å²) in [7, 11) is 0. The molecule has 1 saturated carbocycles. The van der Waals surface area contributed by atoms with Crippen LogP contribution in [0.5, 0.6) is 0 Å². The highest BCUT2D eigenvalue weighted by molar-refractivity contribution is 4.84. The first-order valence-electron chi connectivity index (χ1n) is 5.19. The van der Waals surface area contributed by atoms with Crippen molar-refractivity contribution < 1.29 is 5.11 Å². The van der Waals surface area contributed by atoms with Crippen molar-refractivity contribution in [2.75, 3.05) is 6.61 Å². The zero-order valence-corrected chi connectivity index (χ0v) is 8.64. The van der Waals surface area contributed by atoms with Crippen LogP contribution < -0.4 is 0 Å². The highest BCUT2D eigenvalue weighted by atomic mass is 16.3. The van der Waals surface area contributed by atoms with Gasteiger partial charge in [0.15, 0.2) is 0 Å². The minimum atomic E-state index is 0.352. The molecule has 1 heteroatoms. The monoisotopic (exact) mass is 170 g/mol. The van der Waals surface area contributed by atoms with Crippen LogP contribution in [0.15, 0.2) is 0 Å². The molecule has 0 aliphatic heterocycles. The lowest BCUT2D eigenvalue weighted by Gasteiger charge is -2.40. The van der Waals surface area contributed by atoms with Gasteiger partial charge >= 0.3 is 0 Å². The number of hydrogen-bond acceptors (Lipinski definition) is 1. The van der Waals surface area contributed by atoms with E-state index in [-0.39, 0.29) is 0 Å². The molecule has 1 N–H and O–H groups in total. The molecule has 1 aliphatic rings. The summed E-state index contributed by atoms with van der Waals surface area (Å²) in [5, 5.41) is 9.12. The summed E-state index contributed by atoms with van der Waals surface area (Å²) >= 11 is 0. The Labute approximate surface area is 76.2 Å². The molecule has 72 valence electrons. The van der Waals surface area contributed by atoms with Crippen molar-refractivity contribution in [3.8, 4) is 0 Å². The SMILES string of the molecule is CC1CCC(C)([C@H](C)CO)CC1. The number of aliphatic hydroxyl groups excluding tert-OH is 1. The van der Waals surface area contributed by atoms with Crippen LogP contribution >= 0.6 is 0 Å². The van der Waals surface area contributed by atoms with E-state index in [2.05, 4.69) is 20.8 Å². The topological polar surface area (TPSA) is 20.2 Å². The summed E-state index contributed by atoms with van der Waals surface area (Å²) in [6, 6.07) is 0. The molecule has 1 aliphatic carbocycles.